The topological polar surface area (TPSA) is 35.2 Å². The monoisotopic (exact) mass is 307 g/mol. The lowest BCUT2D eigenvalue weighted by molar-refractivity contribution is 0.297. The minimum absolute atomic E-state index is 0.0125. The van der Waals surface area contributed by atoms with Crippen molar-refractivity contribution in [2.75, 3.05) is 6.54 Å². The Morgan fingerprint density at radius 1 is 1.19 bits per heavy atom. The van der Waals surface area contributed by atoms with Gasteiger partial charge in [0.1, 0.15) is 24.0 Å². The smallest absolute Gasteiger partial charge is 0.148 e. The molecule has 0 bridgehead atoms. The van der Waals surface area contributed by atoms with Crippen LogP contribution in [0.4, 0.5) is 8.78 Å². The van der Waals surface area contributed by atoms with Gasteiger partial charge in [-0.3, -0.25) is 0 Å². The van der Waals surface area contributed by atoms with Crippen molar-refractivity contribution >= 4 is 11.6 Å². The van der Waals surface area contributed by atoms with Gasteiger partial charge >= 0.3 is 0 Å². The van der Waals surface area contributed by atoms with Crippen LogP contribution in [0.5, 0.6) is 5.75 Å². The molecule has 0 aliphatic heterocycles. The summed E-state index contributed by atoms with van der Waals surface area (Å²) in [5.74, 6) is 4.66. The van der Waals surface area contributed by atoms with E-state index in [-0.39, 0.29) is 29.5 Å². The molecule has 21 heavy (non-hydrogen) atoms. The van der Waals surface area contributed by atoms with E-state index >= 15 is 0 Å². The molecule has 0 aliphatic carbocycles. The highest BCUT2D eigenvalue weighted by atomic mass is 35.5. The molecule has 0 atom stereocenters. The van der Waals surface area contributed by atoms with Crippen molar-refractivity contribution < 1.29 is 13.5 Å². The number of hydrogen-bond acceptors (Lipinski definition) is 2. The maximum atomic E-state index is 13.8. The Kier molecular flexibility index (Phi) is 5.15. The first-order valence-corrected chi connectivity index (χ1v) is 6.54. The first-order valence-electron chi connectivity index (χ1n) is 6.16. The van der Waals surface area contributed by atoms with Crippen LogP contribution in [0, 0.1) is 23.5 Å². The van der Waals surface area contributed by atoms with E-state index in [1.165, 1.54) is 24.3 Å². The lowest BCUT2D eigenvalue weighted by Gasteiger charge is -2.10. The van der Waals surface area contributed by atoms with E-state index in [1.54, 1.807) is 12.1 Å². The van der Waals surface area contributed by atoms with Crippen molar-refractivity contribution in [3.8, 4) is 17.6 Å². The summed E-state index contributed by atoms with van der Waals surface area (Å²) in [5, 5.41) is 0.0125. The zero-order chi connectivity index (χ0) is 15.2. The van der Waals surface area contributed by atoms with Gasteiger partial charge in [0.2, 0.25) is 0 Å². The highest BCUT2D eigenvalue weighted by Crippen LogP contribution is 2.23. The number of benzene rings is 2. The molecule has 0 fully saturated rings. The van der Waals surface area contributed by atoms with Crippen LogP contribution in [0.2, 0.25) is 5.02 Å². The van der Waals surface area contributed by atoms with Crippen LogP contribution < -0.4 is 10.5 Å². The van der Waals surface area contributed by atoms with E-state index in [1.807, 2.05) is 0 Å². The highest BCUT2D eigenvalue weighted by molar-refractivity contribution is 6.30. The molecule has 0 radical (unpaired) electrons. The Morgan fingerprint density at radius 3 is 2.76 bits per heavy atom. The fraction of sp³-hybridized carbons (Fsp3) is 0.125. The van der Waals surface area contributed by atoms with Gasteiger partial charge in [-0.1, -0.05) is 35.6 Å². The SMILES string of the molecule is NCC#Cc1ccc(F)cc1OCc1cccc(Cl)c1F. The van der Waals surface area contributed by atoms with Gasteiger partial charge in [0.25, 0.3) is 0 Å². The van der Waals surface area contributed by atoms with Gasteiger partial charge in [-0.05, 0) is 18.2 Å². The molecule has 2 aromatic carbocycles. The Morgan fingerprint density at radius 2 is 2.00 bits per heavy atom. The van der Waals surface area contributed by atoms with Crippen LogP contribution in [0.15, 0.2) is 36.4 Å². The quantitative estimate of drug-likeness (QED) is 0.881. The third-order valence-electron chi connectivity index (χ3n) is 2.68. The average Bonchev–Trinajstić information content (AvgIpc) is 2.48. The average molecular weight is 308 g/mol. The molecule has 2 rings (SSSR count). The molecule has 2 aromatic rings. The van der Waals surface area contributed by atoms with Gasteiger partial charge in [-0.15, -0.1) is 0 Å². The van der Waals surface area contributed by atoms with Crippen LogP contribution >= 0.6 is 11.6 Å². The molecule has 2 N–H and O–H groups in total. The summed E-state index contributed by atoms with van der Waals surface area (Å²) < 4.78 is 32.5. The second-order valence-electron chi connectivity index (χ2n) is 4.15. The van der Waals surface area contributed by atoms with E-state index in [4.69, 9.17) is 22.1 Å². The lowest BCUT2D eigenvalue weighted by atomic mass is 10.2. The molecule has 0 spiro atoms. The minimum Gasteiger partial charge on any atom is -0.487 e. The number of rotatable bonds is 3. The third-order valence-corrected chi connectivity index (χ3v) is 2.98. The van der Waals surface area contributed by atoms with Crippen LogP contribution in [0.3, 0.4) is 0 Å². The predicted molar refractivity (Wildman–Crippen MR) is 78.1 cm³/mol. The molecule has 0 aliphatic rings. The zero-order valence-electron chi connectivity index (χ0n) is 11.0. The summed E-state index contributed by atoms with van der Waals surface area (Å²) in [6, 6.07) is 8.56. The molecule has 108 valence electrons. The van der Waals surface area contributed by atoms with Crippen molar-refractivity contribution in [2.24, 2.45) is 5.73 Å². The van der Waals surface area contributed by atoms with E-state index in [0.717, 1.165) is 0 Å². The van der Waals surface area contributed by atoms with Gasteiger partial charge < -0.3 is 10.5 Å². The maximum absolute atomic E-state index is 13.8. The van der Waals surface area contributed by atoms with Crippen LogP contribution in [-0.4, -0.2) is 6.54 Å². The molecule has 0 heterocycles. The fourth-order valence-electron chi connectivity index (χ4n) is 1.68. The minimum atomic E-state index is -0.551. The predicted octanol–water partition coefficient (Wildman–Crippen LogP) is 3.51. The number of nitrogens with two attached hydrogens (primary N) is 1. The Balaban J connectivity index is 2.23. The third kappa shape index (κ3) is 3.94. The summed E-state index contributed by atoms with van der Waals surface area (Å²) in [7, 11) is 0. The summed E-state index contributed by atoms with van der Waals surface area (Å²) in [5.41, 5.74) is 6.08. The fourth-order valence-corrected chi connectivity index (χ4v) is 1.87. The van der Waals surface area contributed by atoms with Crippen molar-refractivity contribution in [1.82, 2.24) is 0 Å². The molecule has 0 saturated carbocycles. The van der Waals surface area contributed by atoms with Crippen LogP contribution in [-0.2, 0) is 6.61 Å². The van der Waals surface area contributed by atoms with E-state index < -0.39 is 11.6 Å². The Hall–Kier alpha value is -2.09. The summed E-state index contributed by atoms with van der Waals surface area (Å²) in [4.78, 5) is 0. The van der Waals surface area contributed by atoms with E-state index in [0.29, 0.717) is 5.56 Å². The molecule has 0 amide bonds. The normalized spacial score (nSPS) is 9.90. The van der Waals surface area contributed by atoms with Crippen molar-refractivity contribution in [1.29, 1.82) is 0 Å². The summed E-state index contributed by atoms with van der Waals surface area (Å²) in [6.45, 7) is 0.104. The molecule has 0 aromatic heterocycles. The first-order chi connectivity index (χ1) is 10.1. The van der Waals surface area contributed by atoms with E-state index in [9.17, 15) is 8.78 Å². The van der Waals surface area contributed by atoms with Gasteiger partial charge in [0.15, 0.2) is 0 Å². The van der Waals surface area contributed by atoms with Crippen molar-refractivity contribution in [2.45, 2.75) is 6.61 Å². The number of halogens is 3. The van der Waals surface area contributed by atoms with Crippen LogP contribution in [0.1, 0.15) is 11.1 Å². The second kappa shape index (κ2) is 7.07. The van der Waals surface area contributed by atoms with Gasteiger partial charge in [0, 0.05) is 11.6 Å². The largest absolute Gasteiger partial charge is 0.487 e. The van der Waals surface area contributed by atoms with Gasteiger partial charge in [0.05, 0.1) is 17.1 Å². The lowest BCUT2D eigenvalue weighted by Crippen LogP contribution is -2.01. The first kappa shape index (κ1) is 15.3. The standard InChI is InChI=1S/C16H12ClF2NO/c17-14-5-1-3-12(16(14)19)10-21-15-9-13(18)7-6-11(15)4-2-8-20/h1,3,5-7,9H,8,10,20H2. The second-order valence-corrected chi connectivity index (χ2v) is 4.56. The van der Waals surface area contributed by atoms with Gasteiger partial charge in [-0.25, -0.2) is 8.78 Å². The Labute approximate surface area is 126 Å². The summed E-state index contributed by atoms with van der Waals surface area (Å²) >= 11 is 5.69. The molecular formula is C16H12ClF2NO. The number of hydrogen-bond donors (Lipinski definition) is 1. The molecular weight excluding hydrogens is 296 g/mol. The zero-order valence-corrected chi connectivity index (χ0v) is 11.8. The van der Waals surface area contributed by atoms with Crippen LogP contribution in [0.25, 0.3) is 0 Å². The van der Waals surface area contributed by atoms with Crippen molar-refractivity contribution in [3.63, 3.8) is 0 Å². The molecule has 2 nitrogen and oxygen atoms in total. The Bertz CT molecular complexity index is 707. The highest BCUT2D eigenvalue weighted by Gasteiger charge is 2.09. The molecule has 0 saturated heterocycles. The van der Waals surface area contributed by atoms with E-state index in [2.05, 4.69) is 11.8 Å². The molecule has 5 heteroatoms. The number of ether oxygens (including phenoxy) is 1. The summed E-state index contributed by atoms with van der Waals surface area (Å²) in [6.07, 6.45) is 0. The molecule has 0 unspecified atom stereocenters. The van der Waals surface area contributed by atoms with Gasteiger partial charge in [-0.2, -0.15) is 0 Å². The maximum Gasteiger partial charge on any atom is 0.148 e. The van der Waals surface area contributed by atoms with Crippen molar-refractivity contribution in [3.05, 3.63) is 64.2 Å².